The van der Waals surface area contributed by atoms with Crippen molar-refractivity contribution in [3.05, 3.63) is 24.0 Å². The van der Waals surface area contributed by atoms with E-state index in [0.717, 1.165) is 5.69 Å². The molecule has 1 aromatic rings. The summed E-state index contributed by atoms with van der Waals surface area (Å²) in [4.78, 5) is 11.4. The number of Topliss-reactive ketones (excluding diaryl/α,β-unsaturated/α-hetero) is 1. The van der Waals surface area contributed by atoms with Crippen molar-refractivity contribution < 1.29 is 9.90 Å². The van der Waals surface area contributed by atoms with Crippen molar-refractivity contribution in [3.63, 3.8) is 0 Å². The van der Waals surface area contributed by atoms with Crippen LogP contribution in [-0.4, -0.2) is 22.1 Å². The zero-order chi connectivity index (χ0) is 8.55. The Balaban J connectivity index is 2.29. The topological polar surface area (TPSA) is 42.2 Å². The zero-order valence-corrected chi connectivity index (χ0v) is 6.73. The van der Waals surface area contributed by atoms with Crippen LogP contribution in [0.3, 0.4) is 0 Å². The predicted octanol–water partition coefficient (Wildman–Crippen LogP) is 0.537. The number of nitrogens with zero attached hydrogens (tertiary/aromatic N) is 1. The maximum Gasteiger partial charge on any atom is 0.161 e. The lowest BCUT2D eigenvalue weighted by Gasteiger charge is -2.03. The molecule has 0 aliphatic carbocycles. The van der Waals surface area contributed by atoms with Crippen LogP contribution in [0.5, 0.6) is 0 Å². The number of hydrogen-bond donors (Lipinski definition) is 1. The van der Waals surface area contributed by atoms with Crippen LogP contribution >= 0.6 is 0 Å². The molecule has 1 atom stereocenters. The molecule has 0 radical (unpaired) electrons. The van der Waals surface area contributed by atoms with Crippen LogP contribution in [0.4, 0.5) is 0 Å². The van der Waals surface area contributed by atoms with Gasteiger partial charge in [-0.05, 0) is 18.6 Å². The summed E-state index contributed by atoms with van der Waals surface area (Å²) >= 11 is 0. The predicted molar refractivity (Wildman–Crippen MR) is 43.9 cm³/mol. The maximum absolute atomic E-state index is 11.4. The number of carbonyl (C=O) groups excluding carboxylic acids is 1. The zero-order valence-electron chi connectivity index (χ0n) is 6.73. The lowest BCUT2D eigenvalue weighted by atomic mass is 10.0. The van der Waals surface area contributed by atoms with E-state index in [4.69, 9.17) is 5.11 Å². The molecule has 12 heavy (non-hydrogen) atoms. The minimum atomic E-state index is -0.0648. The van der Waals surface area contributed by atoms with E-state index in [1.54, 1.807) is 0 Å². The van der Waals surface area contributed by atoms with Gasteiger partial charge in [0.2, 0.25) is 0 Å². The van der Waals surface area contributed by atoms with Gasteiger partial charge in [0.1, 0.15) is 0 Å². The lowest BCUT2D eigenvalue weighted by molar-refractivity contribution is -0.119. The second-order valence-corrected chi connectivity index (χ2v) is 3.09. The van der Waals surface area contributed by atoms with E-state index < -0.39 is 0 Å². The first kappa shape index (κ1) is 7.55. The van der Waals surface area contributed by atoms with Crippen LogP contribution in [0.1, 0.15) is 18.0 Å². The molecule has 3 nitrogen and oxygen atoms in total. The van der Waals surface area contributed by atoms with Gasteiger partial charge in [0, 0.05) is 18.5 Å². The first-order valence-electron chi connectivity index (χ1n) is 4.11. The number of ketones is 1. The molecule has 1 aliphatic rings. The highest BCUT2D eigenvalue weighted by molar-refractivity contribution is 5.87. The molecule has 64 valence electrons. The molecule has 1 N–H and O–H groups in total. The number of hydrogen-bond acceptors (Lipinski definition) is 2. The molecule has 2 heterocycles. The molecule has 0 aromatic carbocycles. The Labute approximate surface area is 70.6 Å². The number of aromatic nitrogens is 1. The Kier molecular flexibility index (Phi) is 1.73. The van der Waals surface area contributed by atoms with E-state index >= 15 is 0 Å². The van der Waals surface area contributed by atoms with Gasteiger partial charge in [0.05, 0.1) is 12.5 Å². The molecule has 0 bridgehead atoms. The third-order valence-corrected chi connectivity index (χ3v) is 2.35. The van der Waals surface area contributed by atoms with E-state index in [1.165, 1.54) is 0 Å². The molecular formula is C9H11NO2. The average molecular weight is 165 g/mol. The summed E-state index contributed by atoms with van der Waals surface area (Å²) in [6.45, 7) is 0.564. The average Bonchev–Trinajstić information content (AvgIpc) is 2.56. The standard InChI is InChI=1S/C9H11NO2/c11-5-3-7-8-2-1-4-10(8)6-9(7)12/h1-2,4,7,11H,3,5-6H2. The van der Waals surface area contributed by atoms with Crippen molar-refractivity contribution in [2.24, 2.45) is 0 Å². The lowest BCUT2D eigenvalue weighted by Crippen LogP contribution is -2.07. The van der Waals surface area contributed by atoms with Crippen molar-refractivity contribution in [2.45, 2.75) is 18.9 Å². The highest BCUT2D eigenvalue weighted by Gasteiger charge is 2.29. The third kappa shape index (κ3) is 0.975. The van der Waals surface area contributed by atoms with Crippen LogP contribution in [0.25, 0.3) is 0 Å². The van der Waals surface area contributed by atoms with Crippen LogP contribution < -0.4 is 0 Å². The Morgan fingerprint density at radius 3 is 3.25 bits per heavy atom. The summed E-state index contributed by atoms with van der Waals surface area (Å²) in [5.74, 6) is 0.157. The summed E-state index contributed by atoms with van der Waals surface area (Å²) in [6.07, 6.45) is 2.47. The molecular weight excluding hydrogens is 154 g/mol. The number of carbonyl (C=O) groups is 1. The molecule has 3 heteroatoms. The second kappa shape index (κ2) is 2.75. The van der Waals surface area contributed by atoms with E-state index in [1.807, 2.05) is 22.9 Å². The highest BCUT2D eigenvalue weighted by atomic mass is 16.3. The summed E-state index contributed by atoms with van der Waals surface area (Å²) in [5, 5.41) is 8.75. The fourth-order valence-corrected chi connectivity index (χ4v) is 1.77. The van der Waals surface area contributed by atoms with Crippen molar-refractivity contribution in [1.82, 2.24) is 4.57 Å². The molecule has 0 saturated heterocycles. The monoisotopic (exact) mass is 165 g/mol. The van der Waals surface area contributed by atoms with Gasteiger partial charge in [-0.3, -0.25) is 4.79 Å². The smallest absolute Gasteiger partial charge is 0.161 e. The van der Waals surface area contributed by atoms with Crippen LogP contribution in [-0.2, 0) is 11.3 Å². The molecule has 1 aromatic heterocycles. The SMILES string of the molecule is O=C1Cn2cccc2C1CCO. The van der Waals surface area contributed by atoms with Crippen molar-refractivity contribution in [3.8, 4) is 0 Å². The van der Waals surface area contributed by atoms with Gasteiger partial charge in [0.25, 0.3) is 0 Å². The Morgan fingerprint density at radius 2 is 2.50 bits per heavy atom. The largest absolute Gasteiger partial charge is 0.396 e. The summed E-state index contributed by atoms with van der Waals surface area (Å²) < 4.78 is 1.95. The fraction of sp³-hybridized carbons (Fsp3) is 0.444. The minimum absolute atomic E-state index is 0.0648. The summed E-state index contributed by atoms with van der Waals surface area (Å²) in [5.41, 5.74) is 1.05. The van der Waals surface area contributed by atoms with Crippen molar-refractivity contribution in [1.29, 1.82) is 0 Å². The number of rotatable bonds is 2. The molecule has 1 unspecified atom stereocenters. The number of fused-ring (bicyclic) bond motifs is 1. The van der Waals surface area contributed by atoms with Gasteiger partial charge in [0.15, 0.2) is 5.78 Å². The summed E-state index contributed by atoms with van der Waals surface area (Å²) in [7, 11) is 0. The maximum atomic E-state index is 11.4. The summed E-state index contributed by atoms with van der Waals surface area (Å²) in [6, 6.07) is 3.89. The van der Waals surface area contributed by atoms with Gasteiger partial charge >= 0.3 is 0 Å². The Morgan fingerprint density at radius 1 is 1.67 bits per heavy atom. The fourth-order valence-electron chi connectivity index (χ4n) is 1.77. The van der Waals surface area contributed by atoms with Gasteiger partial charge in [-0.1, -0.05) is 0 Å². The molecule has 0 saturated carbocycles. The molecule has 0 fully saturated rings. The van der Waals surface area contributed by atoms with Crippen LogP contribution in [0.15, 0.2) is 18.3 Å². The van der Waals surface area contributed by atoms with Gasteiger partial charge in [-0.25, -0.2) is 0 Å². The third-order valence-electron chi connectivity index (χ3n) is 2.35. The number of aliphatic hydroxyl groups excluding tert-OH is 1. The normalized spacial score (nSPS) is 21.4. The number of aliphatic hydroxyl groups is 1. The van der Waals surface area contributed by atoms with Crippen LogP contribution in [0.2, 0.25) is 0 Å². The molecule has 1 aliphatic heterocycles. The van der Waals surface area contributed by atoms with Gasteiger partial charge < -0.3 is 9.67 Å². The quantitative estimate of drug-likeness (QED) is 0.694. The molecule has 0 amide bonds. The first-order chi connectivity index (χ1) is 5.83. The van der Waals surface area contributed by atoms with E-state index in [0.29, 0.717) is 13.0 Å². The Bertz CT molecular complexity index is 303. The second-order valence-electron chi connectivity index (χ2n) is 3.09. The van der Waals surface area contributed by atoms with Crippen LogP contribution in [0, 0.1) is 0 Å². The van der Waals surface area contributed by atoms with Gasteiger partial charge in [-0.2, -0.15) is 0 Å². The van der Waals surface area contributed by atoms with Crippen molar-refractivity contribution >= 4 is 5.78 Å². The van der Waals surface area contributed by atoms with E-state index in [-0.39, 0.29) is 18.3 Å². The van der Waals surface area contributed by atoms with E-state index in [2.05, 4.69) is 0 Å². The Hall–Kier alpha value is -1.09. The van der Waals surface area contributed by atoms with Gasteiger partial charge in [-0.15, -0.1) is 0 Å². The molecule has 2 rings (SSSR count). The van der Waals surface area contributed by atoms with Crippen molar-refractivity contribution in [2.75, 3.05) is 6.61 Å². The van der Waals surface area contributed by atoms with E-state index in [9.17, 15) is 4.79 Å². The first-order valence-corrected chi connectivity index (χ1v) is 4.11. The minimum Gasteiger partial charge on any atom is -0.396 e. The molecule has 0 spiro atoms. The highest BCUT2D eigenvalue weighted by Crippen LogP contribution is 2.27.